The summed E-state index contributed by atoms with van der Waals surface area (Å²) < 4.78 is 28.4. The van der Waals surface area contributed by atoms with Gasteiger partial charge in [-0.05, 0) is 83.7 Å². The standard InChI is InChI=1S/C35H42O6/c1-8-39-33(36)16-14-24-13-15-31(38-7)26(19-24)27-20-28-29(35(4,5)18-17-34(28,2)3)21-32(27)40-22-25-11-9-10-12-30(25)41-23-37-6/h9-16,19-21H,8,17-18,22-23H2,1-7H3/b16-14+. The van der Waals surface area contributed by atoms with E-state index in [1.807, 2.05) is 42.5 Å². The van der Waals surface area contributed by atoms with E-state index in [2.05, 4.69) is 39.8 Å². The molecule has 0 unspecified atom stereocenters. The molecule has 6 nitrogen and oxygen atoms in total. The summed E-state index contributed by atoms with van der Waals surface area (Å²) in [5.74, 6) is 1.83. The van der Waals surface area contributed by atoms with E-state index < -0.39 is 0 Å². The number of fused-ring (bicyclic) bond motifs is 1. The molecule has 0 saturated carbocycles. The third kappa shape index (κ3) is 6.94. The van der Waals surface area contributed by atoms with Crippen LogP contribution in [-0.4, -0.2) is 33.6 Å². The number of ether oxygens (including phenoxy) is 5. The molecule has 3 aromatic carbocycles. The highest BCUT2D eigenvalue weighted by Crippen LogP contribution is 2.50. The van der Waals surface area contributed by atoms with Crippen molar-refractivity contribution in [3.8, 4) is 28.4 Å². The zero-order chi connectivity index (χ0) is 29.6. The first-order valence-electron chi connectivity index (χ1n) is 14.1. The van der Waals surface area contributed by atoms with Crippen molar-refractivity contribution in [1.82, 2.24) is 0 Å². The minimum atomic E-state index is -0.374. The Morgan fingerprint density at radius 1 is 0.829 bits per heavy atom. The van der Waals surface area contributed by atoms with Gasteiger partial charge in [-0.2, -0.15) is 0 Å². The van der Waals surface area contributed by atoms with E-state index in [1.54, 1.807) is 27.2 Å². The SMILES string of the molecule is CCOC(=O)/C=C/c1ccc(OC)c(-c2cc3c(cc2OCc2ccccc2OCOC)C(C)(C)CCC3(C)C)c1. The molecule has 218 valence electrons. The number of methoxy groups -OCH3 is 2. The molecule has 1 aliphatic carbocycles. The third-order valence-electron chi connectivity index (χ3n) is 7.85. The van der Waals surface area contributed by atoms with Gasteiger partial charge in [-0.15, -0.1) is 0 Å². The molecule has 0 spiro atoms. The number of carbonyl (C=O) groups excluding carboxylic acids is 1. The van der Waals surface area contributed by atoms with Crippen molar-refractivity contribution >= 4 is 12.0 Å². The van der Waals surface area contributed by atoms with Crippen LogP contribution in [0.3, 0.4) is 0 Å². The molecule has 0 atom stereocenters. The Labute approximate surface area is 244 Å². The van der Waals surface area contributed by atoms with Crippen LogP contribution in [0, 0.1) is 0 Å². The maximum absolute atomic E-state index is 12.0. The summed E-state index contributed by atoms with van der Waals surface area (Å²) in [7, 11) is 3.27. The Morgan fingerprint density at radius 3 is 2.20 bits per heavy atom. The first-order valence-corrected chi connectivity index (χ1v) is 14.1. The number of para-hydroxylation sites is 1. The Morgan fingerprint density at radius 2 is 1.51 bits per heavy atom. The van der Waals surface area contributed by atoms with Crippen molar-refractivity contribution in [1.29, 1.82) is 0 Å². The minimum Gasteiger partial charge on any atom is -0.496 e. The molecule has 0 radical (unpaired) electrons. The molecule has 3 aromatic rings. The van der Waals surface area contributed by atoms with Gasteiger partial charge in [-0.1, -0.05) is 52.0 Å². The lowest BCUT2D eigenvalue weighted by Crippen LogP contribution is -2.33. The van der Waals surface area contributed by atoms with Crippen LogP contribution < -0.4 is 14.2 Å². The summed E-state index contributed by atoms with van der Waals surface area (Å²) >= 11 is 0. The highest BCUT2D eigenvalue weighted by atomic mass is 16.7. The van der Waals surface area contributed by atoms with E-state index in [0.29, 0.717) is 13.2 Å². The molecule has 4 rings (SSSR count). The van der Waals surface area contributed by atoms with Crippen molar-refractivity contribution < 1.29 is 28.5 Å². The normalized spacial score (nSPS) is 15.3. The van der Waals surface area contributed by atoms with Crippen molar-refractivity contribution in [2.45, 2.75) is 64.9 Å². The van der Waals surface area contributed by atoms with Crippen LogP contribution in [0.4, 0.5) is 0 Å². The maximum atomic E-state index is 12.0. The molecule has 0 bridgehead atoms. The van der Waals surface area contributed by atoms with Crippen molar-refractivity contribution in [2.75, 3.05) is 27.6 Å². The van der Waals surface area contributed by atoms with Crippen LogP contribution in [0.1, 0.15) is 69.7 Å². The number of esters is 1. The van der Waals surface area contributed by atoms with Crippen LogP contribution >= 0.6 is 0 Å². The molecule has 0 fully saturated rings. The molecule has 6 heteroatoms. The molecule has 0 amide bonds. The van der Waals surface area contributed by atoms with Crippen LogP contribution in [0.15, 0.2) is 60.7 Å². The summed E-state index contributed by atoms with van der Waals surface area (Å²) in [5.41, 5.74) is 6.24. The van der Waals surface area contributed by atoms with E-state index in [0.717, 1.165) is 52.3 Å². The number of hydrogen-bond acceptors (Lipinski definition) is 6. The summed E-state index contributed by atoms with van der Waals surface area (Å²) in [5, 5.41) is 0. The van der Waals surface area contributed by atoms with E-state index >= 15 is 0 Å². The fourth-order valence-corrected chi connectivity index (χ4v) is 5.36. The Bertz CT molecular complexity index is 1400. The predicted octanol–water partition coefficient (Wildman–Crippen LogP) is 7.85. The number of hydrogen-bond donors (Lipinski definition) is 0. The van der Waals surface area contributed by atoms with Gasteiger partial charge >= 0.3 is 5.97 Å². The van der Waals surface area contributed by atoms with E-state index in [-0.39, 0.29) is 23.6 Å². The van der Waals surface area contributed by atoms with Crippen molar-refractivity contribution in [3.05, 3.63) is 82.9 Å². The fourth-order valence-electron chi connectivity index (χ4n) is 5.36. The second-order valence-electron chi connectivity index (χ2n) is 11.7. The molecule has 0 saturated heterocycles. The maximum Gasteiger partial charge on any atom is 0.330 e. The van der Waals surface area contributed by atoms with Gasteiger partial charge in [0.05, 0.1) is 13.7 Å². The average molecular weight is 559 g/mol. The van der Waals surface area contributed by atoms with E-state index in [9.17, 15) is 4.79 Å². The monoisotopic (exact) mass is 558 g/mol. The van der Waals surface area contributed by atoms with Crippen LogP contribution in [0.25, 0.3) is 17.2 Å². The molecule has 0 N–H and O–H groups in total. The second-order valence-corrected chi connectivity index (χ2v) is 11.7. The minimum absolute atomic E-state index is 0.00733. The fraction of sp³-hybridized carbons (Fsp3) is 0.400. The van der Waals surface area contributed by atoms with Crippen molar-refractivity contribution in [2.24, 2.45) is 0 Å². The number of rotatable bonds is 11. The Hall–Kier alpha value is -3.77. The quantitative estimate of drug-likeness (QED) is 0.136. The zero-order valence-electron chi connectivity index (χ0n) is 25.3. The smallest absolute Gasteiger partial charge is 0.330 e. The molecule has 1 aliphatic rings. The van der Waals surface area contributed by atoms with Gasteiger partial charge in [0.1, 0.15) is 23.9 Å². The van der Waals surface area contributed by atoms with E-state index in [4.69, 9.17) is 23.7 Å². The van der Waals surface area contributed by atoms with Gasteiger partial charge < -0.3 is 23.7 Å². The van der Waals surface area contributed by atoms with E-state index in [1.165, 1.54) is 17.2 Å². The molecular formula is C35H42O6. The Balaban J connectivity index is 1.84. The lowest BCUT2D eigenvalue weighted by molar-refractivity contribution is -0.137. The van der Waals surface area contributed by atoms with Crippen molar-refractivity contribution in [3.63, 3.8) is 0 Å². The second kappa shape index (κ2) is 12.8. The molecule has 0 aromatic heterocycles. The molecule has 0 aliphatic heterocycles. The highest BCUT2D eigenvalue weighted by Gasteiger charge is 2.38. The third-order valence-corrected chi connectivity index (χ3v) is 7.85. The van der Waals surface area contributed by atoms with Crippen LogP contribution in [0.5, 0.6) is 17.2 Å². The lowest BCUT2D eigenvalue weighted by Gasteiger charge is -2.42. The average Bonchev–Trinajstić information content (AvgIpc) is 2.96. The first-order chi connectivity index (χ1) is 19.6. The first kappa shape index (κ1) is 30.2. The summed E-state index contributed by atoms with van der Waals surface area (Å²) in [6.07, 6.45) is 5.39. The number of carbonyl (C=O) groups is 1. The number of benzene rings is 3. The molecular weight excluding hydrogens is 516 g/mol. The lowest BCUT2D eigenvalue weighted by atomic mass is 9.62. The highest BCUT2D eigenvalue weighted by molar-refractivity contribution is 5.88. The summed E-state index contributed by atoms with van der Waals surface area (Å²) in [6.45, 7) is 11.8. The van der Waals surface area contributed by atoms with Gasteiger partial charge in [0.15, 0.2) is 6.79 Å². The zero-order valence-corrected chi connectivity index (χ0v) is 25.3. The summed E-state index contributed by atoms with van der Waals surface area (Å²) in [6, 6.07) is 18.2. The van der Waals surface area contributed by atoms with Gasteiger partial charge in [0.2, 0.25) is 0 Å². The topological polar surface area (TPSA) is 63.2 Å². The van der Waals surface area contributed by atoms with Gasteiger partial charge in [-0.3, -0.25) is 0 Å². The Kier molecular flexibility index (Phi) is 9.44. The van der Waals surface area contributed by atoms with Gasteiger partial charge in [0, 0.05) is 29.9 Å². The van der Waals surface area contributed by atoms with Gasteiger partial charge in [0.25, 0.3) is 0 Å². The van der Waals surface area contributed by atoms with Crippen LogP contribution in [-0.2, 0) is 31.7 Å². The van der Waals surface area contributed by atoms with Crippen LogP contribution in [0.2, 0.25) is 0 Å². The van der Waals surface area contributed by atoms with Gasteiger partial charge in [-0.25, -0.2) is 4.79 Å². The summed E-state index contributed by atoms with van der Waals surface area (Å²) in [4.78, 5) is 12.0. The molecule has 0 heterocycles. The predicted molar refractivity (Wildman–Crippen MR) is 163 cm³/mol. The molecule has 41 heavy (non-hydrogen) atoms. The largest absolute Gasteiger partial charge is 0.496 e.